The van der Waals surface area contributed by atoms with E-state index in [2.05, 4.69) is 48.6 Å². The topological polar surface area (TPSA) is 20.2 Å². The molecule has 0 aromatic heterocycles. The van der Waals surface area contributed by atoms with Crippen molar-refractivity contribution in [2.45, 2.75) is 32.8 Å². The molecule has 0 heterocycles. The minimum Gasteiger partial charge on any atom is -0.384 e. The van der Waals surface area contributed by atoms with Gasteiger partial charge in [0.2, 0.25) is 0 Å². The van der Waals surface area contributed by atoms with Crippen molar-refractivity contribution in [3.8, 4) is 0 Å². The molecule has 1 unspecified atom stereocenters. The highest BCUT2D eigenvalue weighted by Crippen LogP contribution is 2.28. The van der Waals surface area contributed by atoms with Gasteiger partial charge in [-0.05, 0) is 69.8 Å². The fourth-order valence-electron chi connectivity index (χ4n) is 2.39. The van der Waals surface area contributed by atoms with Gasteiger partial charge in [0.25, 0.3) is 0 Å². The van der Waals surface area contributed by atoms with E-state index in [0.717, 1.165) is 27.5 Å². The summed E-state index contributed by atoms with van der Waals surface area (Å²) < 4.78 is 13.9. The summed E-state index contributed by atoms with van der Waals surface area (Å²) in [7, 11) is 0. The Kier molecular flexibility index (Phi) is 5.16. The molecule has 0 spiro atoms. The molecule has 2 aromatic carbocycles. The van der Waals surface area contributed by atoms with Gasteiger partial charge in [-0.3, -0.25) is 0 Å². The minimum atomic E-state index is -0.710. The lowest BCUT2D eigenvalue weighted by Gasteiger charge is -2.16. The lowest BCUT2D eigenvalue weighted by Crippen LogP contribution is -2.04. The van der Waals surface area contributed by atoms with E-state index in [4.69, 9.17) is 0 Å². The molecule has 20 heavy (non-hydrogen) atoms. The molecule has 0 aliphatic carbocycles. The lowest BCUT2D eigenvalue weighted by atomic mass is 9.95. The van der Waals surface area contributed by atoms with Gasteiger partial charge in [0.05, 0.1) is 0 Å². The van der Waals surface area contributed by atoms with Crippen LogP contribution in [0.2, 0.25) is 0 Å². The van der Waals surface area contributed by atoms with Crippen molar-refractivity contribution in [2.75, 3.05) is 0 Å². The predicted octanol–water partition coefficient (Wildman–Crippen LogP) is 4.64. The standard InChI is InChI=1S/C17H18FIO/c1-3-11-5-6-13(9-12(11)4-2)17(20)15-8-7-14(18)10-16(15)19/h5-10,17,20H,3-4H2,1-2H3. The Morgan fingerprint density at radius 2 is 1.75 bits per heavy atom. The van der Waals surface area contributed by atoms with E-state index >= 15 is 0 Å². The Labute approximate surface area is 133 Å². The van der Waals surface area contributed by atoms with Gasteiger partial charge in [-0.25, -0.2) is 4.39 Å². The normalized spacial score (nSPS) is 12.4. The van der Waals surface area contributed by atoms with Crippen molar-refractivity contribution in [1.82, 2.24) is 0 Å². The van der Waals surface area contributed by atoms with E-state index in [0.29, 0.717) is 0 Å². The summed E-state index contributed by atoms with van der Waals surface area (Å²) >= 11 is 2.06. The molecule has 2 rings (SSSR count). The number of aliphatic hydroxyl groups excluding tert-OH is 1. The Hall–Kier alpha value is -0.940. The molecule has 0 bridgehead atoms. The SMILES string of the molecule is CCc1ccc(C(O)c2ccc(F)cc2I)cc1CC. The highest BCUT2D eigenvalue weighted by atomic mass is 127. The maximum Gasteiger partial charge on any atom is 0.124 e. The summed E-state index contributed by atoms with van der Waals surface area (Å²) in [6, 6.07) is 10.6. The number of benzene rings is 2. The van der Waals surface area contributed by atoms with E-state index in [1.165, 1.54) is 23.3 Å². The fraction of sp³-hybridized carbons (Fsp3) is 0.294. The first-order valence-corrected chi connectivity index (χ1v) is 7.89. The Morgan fingerprint density at radius 1 is 1.05 bits per heavy atom. The van der Waals surface area contributed by atoms with Crippen LogP contribution in [-0.2, 0) is 12.8 Å². The van der Waals surface area contributed by atoms with Crippen LogP contribution in [0.15, 0.2) is 36.4 Å². The van der Waals surface area contributed by atoms with Crippen molar-refractivity contribution >= 4 is 22.6 Å². The van der Waals surface area contributed by atoms with Crippen LogP contribution < -0.4 is 0 Å². The van der Waals surface area contributed by atoms with E-state index in [9.17, 15) is 9.50 Å². The predicted molar refractivity (Wildman–Crippen MR) is 88.4 cm³/mol. The summed E-state index contributed by atoms with van der Waals surface area (Å²) in [5.74, 6) is -0.277. The third-order valence-corrected chi connectivity index (χ3v) is 4.50. The highest BCUT2D eigenvalue weighted by Gasteiger charge is 2.15. The second-order valence-electron chi connectivity index (χ2n) is 4.80. The summed E-state index contributed by atoms with van der Waals surface area (Å²) in [6.45, 7) is 4.25. The van der Waals surface area contributed by atoms with Crippen LogP contribution >= 0.6 is 22.6 Å². The van der Waals surface area contributed by atoms with Gasteiger partial charge in [0.1, 0.15) is 11.9 Å². The summed E-state index contributed by atoms with van der Waals surface area (Å²) in [6.07, 6.45) is 1.23. The number of aryl methyl sites for hydroxylation is 2. The van der Waals surface area contributed by atoms with Crippen molar-refractivity contribution in [3.63, 3.8) is 0 Å². The van der Waals surface area contributed by atoms with Gasteiger partial charge in [0.15, 0.2) is 0 Å². The number of hydrogen-bond acceptors (Lipinski definition) is 1. The fourth-order valence-corrected chi connectivity index (χ4v) is 3.17. The van der Waals surface area contributed by atoms with E-state index in [1.54, 1.807) is 6.07 Å². The molecule has 0 saturated heterocycles. The van der Waals surface area contributed by atoms with Crippen molar-refractivity contribution in [1.29, 1.82) is 0 Å². The van der Waals surface area contributed by atoms with Crippen LogP contribution in [0.1, 0.15) is 42.2 Å². The van der Waals surface area contributed by atoms with Crippen LogP contribution in [0.25, 0.3) is 0 Å². The van der Waals surface area contributed by atoms with Crippen LogP contribution in [0.5, 0.6) is 0 Å². The smallest absolute Gasteiger partial charge is 0.124 e. The first kappa shape index (κ1) is 15.4. The second-order valence-corrected chi connectivity index (χ2v) is 5.97. The van der Waals surface area contributed by atoms with E-state index in [1.807, 2.05) is 6.07 Å². The molecule has 1 N–H and O–H groups in total. The van der Waals surface area contributed by atoms with Crippen molar-refractivity contribution in [3.05, 3.63) is 68.0 Å². The molecule has 1 nitrogen and oxygen atoms in total. The van der Waals surface area contributed by atoms with Crippen LogP contribution in [0.4, 0.5) is 4.39 Å². The van der Waals surface area contributed by atoms with Crippen LogP contribution in [0, 0.1) is 9.39 Å². The first-order chi connectivity index (χ1) is 9.56. The van der Waals surface area contributed by atoms with Gasteiger partial charge < -0.3 is 5.11 Å². The van der Waals surface area contributed by atoms with Crippen LogP contribution in [0.3, 0.4) is 0 Å². The maximum absolute atomic E-state index is 13.1. The zero-order valence-corrected chi connectivity index (χ0v) is 13.8. The number of aliphatic hydroxyl groups is 1. The molecule has 0 aliphatic heterocycles. The number of hydrogen-bond donors (Lipinski definition) is 1. The zero-order chi connectivity index (χ0) is 14.7. The Balaban J connectivity index is 2.40. The number of halogens is 2. The molecule has 0 amide bonds. The lowest BCUT2D eigenvalue weighted by molar-refractivity contribution is 0.219. The third-order valence-electron chi connectivity index (χ3n) is 3.56. The third kappa shape index (κ3) is 3.20. The quantitative estimate of drug-likeness (QED) is 0.762. The molecule has 3 heteroatoms. The Morgan fingerprint density at radius 3 is 2.35 bits per heavy atom. The molecule has 1 atom stereocenters. The van der Waals surface area contributed by atoms with Gasteiger partial charge in [-0.1, -0.05) is 38.1 Å². The molecule has 0 radical (unpaired) electrons. The van der Waals surface area contributed by atoms with Gasteiger partial charge >= 0.3 is 0 Å². The number of rotatable bonds is 4. The highest BCUT2D eigenvalue weighted by molar-refractivity contribution is 14.1. The summed E-state index contributed by atoms with van der Waals surface area (Å²) in [5.41, 5.74) is 4.19. The summed E-state index contributed by atoms with van der Waals surface area (Å²) in [4.78, 5) is 0. The molecule has 0 saturated carbocycles. The average molecular weight is 384 g/mol. The van der Waals surface area contributed by atoms with E-state index < -0.39 is 6.10 Å². The molecular weight excluding hydrogens is 366 g/mol. The molecule has 0 aliphatic rings. The van der Waals surface area contributed by atoms with Crippen molar-refractivity contribution in [2.24, 2.45) is 0 Å². The average Bonchev–Trinajstić information content (AvgIpc) is 2.45. The molecule has 2 aromatic rings. The zero-order valence-electron chi connectivity index (χ0n) is 11.7. The van der Waals surface area contributed by atoms with Gasteiger partial charge in [-0.15, -0.1) is 0 Å². The molecule has 106 valence electrons. The largest absolute Gasteiger partial charge is 0.384 e. The second kappa shape index (κ2) is 6.68. The monoisotopic (exact) mass is 384 g/mol. The van der Waals surface area contributed by atoms with Gasteiger partial charge in [-0.2, -0.15) is 0 Å². The maximum atomic E-state index is 13.1. The molecule has 0 fully saturated rings. The first-order valence-electron chi connectivity index (χ1n) is 6.81. The minimum absolute atomic E-state index is 0.277. The van der Waals surface area contributed by atoms with Crippen molar-refractivity contribution < 1.29 is 9.50 Å². The Bertz CT molecular complexity index is 610. The summed E-state index contributed by atoms with van der Waals surface area (Å²) in [5, 5.41) is 10.5. The van der Waals surface area contributed by atoms with Crippen LogP contribution in [-0.4, -0.2) is 5.11 Å². The van der Waals surface area contributed by atoms with E-state index in [-0.39, 0.29) is 5.82 Å². The molecular formula is C17H18FIO. The van der Waals surface area contributed by atoms with Gasteiger partial charge in [0, 0.05) is 3.57 Å².